The third kappa shape index (κ3) is 4.46. The van der Waals surface area contributed by atoms with Crippen molar-refractivity contribution >= 4 is 5.91 Å². The van der Waals surface area contributed by atoms with Gasteiger partial charge in [-0.1, -0.05) is 6.92 Å². The van der Waals surface area contributed by atoms with Crippen molar-refractivity contribution in [3.8, 4) is 0 Å². The quantitative estimate of drug-likeness (QED) is 0.808. The maximum atomic E-state index is 12.2. The van der Waals surface area contributed by atoms with Gasteiger partial charge < -0.3 is 16.0 Å². The third-order valence-corrected chi connectivity index (χ3v) is 4.75. The highest BCUT2D eigenvalue weighted by atomic mass is 16.1. The molecule has 110 valence electrons. The molecular weight excluding hydrogens is 238 g/mol. The Labute approximate surface area is 117 Å². The fourth-order valence-corrected chi connectivity index (χ4v) is 3.53. The van der Waals surface area contributed by atoms with E-state index in [0.717, 1.165) is 38.9 Å². The Balaban J connectivity index is 1.72. The predicted molar refractivity (Wildman–Crippen MR) is 77.7 cm³/mol. The molecule has 3 N–H and O–H groups in total. The van der Waals surface area contributed by atoms with Gasteiger partial charge in [-0.2, -0.15) is 0 Å². The maximum absolute atomic E-state index is 12.2. The Bertz CT molecular complexity index is 290. The fraction of sp³-hybridized carbons (Fsp3) is 0.933. The molecule has 0 bridgehead atoms. The normalized spacial score (nSPS) is 34.2. The van der Waals surface area contributed by atoms with Gasteiger partial charge in [0.2, 0.25) is 5.91 Å². The summed E-state index contributed by atoms with van der Waals surface area (Å²) in [5.41, 5.74) is 6.02. The van der Waals surface area contributed by atoms with Gasteiger partial charge in [0.15, 0.2) is 0 Å². The molecule has 3 atom stereocenters. The van der Waals surface area contributed by atoms with Crippen LogP contribution >= 0.6 is 0 Å². The second kappa shape index (κ2) is 6.71. The lowest BCUT2D eigenvalue weighted by Crippen LogP contribution is -2.42. The summed E-state index contributed by atoms with van der Waals surface area (Å²) in [5.74, 6) is 1.63. The van der Waals surface area contributed by atoms with Crippen molar-refractivity contribution in [1.29, 1.82) is 0 Å². The van der Waals surface area contributed by atoms with Crippen molar-refractivity contribution < 1.29 is 4.79 Å². The molecule has 2 rings (SSSR count). The molecule has 0 aromatic carbocycles. The molecule has 1 aliphatic heterocycles. The van der Waals surface area contributed by atoms with Crippen LogP contribution in [0.5, 0.6) is 0 Å². The van der Waals surface area contributed by atoms with Crippen LogP contribution in [-0.2, 0) is 4.79 Å². The van der Waals surface area contributed by atoms with Gasteiger partial charge in [0, 0.05) is 18.5 Å². The average Bonchev–Trinajstić information content (AvgIpc) is 2.36. The molecule has 19 heavy (non-hydrogen) atoms. The molecule has 2 aliphatic rings. The number of carbonyl (C=O) groups excluding carboxylic acids is 1. The number of carbonyl (C=O) groups is 1. The van der Waals surface area contributed by atoms with E-state index >= 15 is 0 Å². The van der Waals surface area contributed by atoms with Crippen molar-refractivity contribution in [2.45, 2.75) is 45.1 Å². The zero-order valence-electron chi connectivity index (χ0n) is 12.4. The number of amides is 1. The van der Waals surface area contributed by atoms with Gasteiger partial charge >= 0.3 is 0 Å². The van der Waals surface area contributed by atoms with Gasteiger partial charge in [0.05, 0.1) is 0 Å². The highest BCUT2D eigenvalue weighted by Crippen LogP contribution is 2.28. The number of nitrogens with zero attached hydrogens (tertiary/aromatic N) is 1. The Kier molecular flexibility index (Phi) is 5.22. The summed E-state index contributed by atoms with van der Waals surface area (Å²) in [6.45, 7) is 5.38. The topological polar surface area (TPSA) is 58.4 Å². The minimum Gasteiger partial charge on any atom is -0.356 e. The van der Waals surface area contributed by atoms with E-state index in [1.165, 1.54) is 12.8 Å². The molecular formula is C15H29N3O. The van der Waals surface area contributed by atoms with E-state index in [1.807, 2.05) is 0 Å². The molecule has 3 unspecified atom stereocenters. The van der Waals surface area contributed by atoms with Crippen LogP contribution in [0.25, 0.3) is 0 Å². The van der Waals surface area contributed by atoms with Crippen LogP contribution in [0.15, 0.2) is 0 Å². The van der Waals surface area contributed by atoms with Gasteiger partial charge in [0.1, 0.15) is 0 Å². The van der Waals surface area contributed by atoms with E-state index in [0.29, 0.717) is 11.8 Å². The molecule has 1 saturated heterocycles. The summed E-state index contributed by atoms with van der Waals surface area (Å²) < 4.78 is 0. The van der Waals surface area contributed by atoms with E-state index in [-0.39, 0.29) is 17.9 Å². The van der Waals surface area contributed by atoms with Gasteiger partial charge in [-0.15, -0.1) is 0 Å². The van der Waals surface area contributed by atoms with Crippen molar-refractivity contribution in [3.63, 3.8) is 0 Å². The zero-order valence-corrected chi connectivity index (χ0v) is 12.4. The molecule has 2 fully saturated rings. The summed E-state index contributed by atoms with van der Waals surface area (Å²) in [5, 5.41) is 3.17. The number of likely N-dealkylation sites (tertiary alicyclic amines) is 1. The van der Waals surface area contributed by atoms with Crippen LogP contribution in [0.1, 0.15) is 39.0 Å². The van der Waals surface area contributed by atoms with Crippen molar-refractivity contribution in [3.05, 3.63) is 0 Å². The fourth-order valence-electron chi connectivity index (χ4n) is 3.53. The van der Waals surface area contributed by atoms with Gasteiger partial charge in [-0.05, 0) is 64.1 Å². The summed E-state index contributed by atoms with van der Waals surface area (Å²) in [4.78, 5) is 14.6. The number of hydrogen-bond acceptors (Lipinski definition) is 3. The molecule has 0 spiro atoms. The van der Waals surface area contributed by atoms with E-state index < -0.39 is 0 Å². The second-order valence-corrected chi connectivity index (χ2v) is 6.76. The Morgan fingerprint density at radius 2 is 1.95 bits per heavy atom. The van der Waals surface area contributed by atoms with Gasteiger partial charge in [0.25, 0.3) is 0 Å². The summed E-state index contributed by atoms with van der Waals surface area (Å²) >= 11 is 0. The van der Waals surface area contributed by atoms with Crippen molar-refractivity contribution in [2.75, 3.05) is 26.7 Å². The molecule has 1 saturated carbocycles. The molecule has 0 aromatic rings. The Hall–Kier alpha value is -0.610. The lowest BCUT2D eigenvalue weighted by atomic mass is 9.79. The molecule has 4 nitrogen and oxygen atoms in total. The second-order valence-electron chi connectivity index (χ2n) is 6.76. The van der Waals surface area contributed by atoms with E-state index in [1.54, 1.807) is 0 Å². The van der Waals surface area contributed by atoms with E-state index in [2.05, 4.69) is 24.2 Å². The van der Waals surface area contributed by atoms with Crippen LogP contribution in [0.3, 0.4) is 0 Å². The number of hydrogen-bond donors (Lipinski definition) is 2. The first-order valence-electron chi connectivity index (χ1n) is 7.76. The number of nitrogens with two attached hydrogens (primary N) is 1. The smallest absolute Gasteiger partial charge is 0.223 e. The lowest BCUT2D eigenvalue weighted by molar-refractivity contribution is -0.126. The first kappa shape index (κ1) is 14.8. The number of piperidine rings is 1. The molecule has 1 heterocycles. The average molecular weight is 267 g/mol. The first-order valence-corrected chi connectivity index (χ1v) is 7.76. The molecule has 0 radical (unpaired) electrons. The Morgan fingerprint density at radius 1 is 1.26 bits per heavy atom. The molecule has 0 aromatic heterocycles. The van der Waals surface area contributed by atoms with E-state index in [4.69, 9.17) is 5.73 Å². The van der Waals surface area contributed by atoms with Crippen LogP contribution in [0.2, 0.25) is 0 Å². The standard InChI is InChI=1S/C15H29N3O/c1-11-7-13(9-14(16)8-11)15(19)17-10-12-3-5-18(2)6-4-12/h11-14H,3-10,16H2,1-2H3,(H,17,19). The van der Waals surface area contributed by atoms with Crippen LogP contribution < -0.4 is 11.1 Å². The van der Waals surface area contributed by atoms with Crippen LogP contribution in [-0.4, -0.2) is 43.5 Å². The third-order valence-electron chi connectivity index (χ3n) is 4.75. The summed E-state index contributed by atoms with van der Waals surface area (Å²) in [6, 6.07) is 0.211. The van der Waals surface area contributed by atoms with Gasteiger partial charge in [-0.25, -0.2) is 0 Å². The number of rotatable bonds is 3. The van der Waals surface area contributed by atoms with Crippen LogP contribution in [0.4, 0.5) is 0 Å². The largest absolute Gasteiger partial charge is 0.356 e. The highest BCUT2D eigenvalue weighted by molar-refractivity contribution is 5.78. The monoisotopic (exact) mass is 267 g/mol. The van der Waals surface area contributed by atoms with Crippen LogP contribution in [0, 0.1) is 17.8 Å². The van der Waals surface area contributed by atoms with Gasteiger partial charge in [-0.3, -0.25) is 4.79 Å². The number of nitrogens with one attached hydrogen (secondary N) is 1. The zero-order chi connectivity index (χ0) is 13.8. The van der Waals surface area contributed by atoms with Crippen molar-refractivity contribution in [1.82, 2.24) is 10.2 Å². The maximum Gasteiger partial charge on any atom is 0.223 e. The molecule has 1 amide bonds. The summed E-state index contributed by atoms with van der Waals surface area (Å²) in [6.07, 6.45) is 5.35. The highest BCUT2D eigenvalue weighted by Gasteiger charge is 2.29. The SMILES string of the molecule is CC1CC(N)CC(C(=O)NCC2CCN(C)CC2)C1. The first-order chi connectivity index (χ1) is 9.04. The minimum absolute atomic E-state index is 0.144. The molecule has 4 heteroatoms. The van der Waals surface area contributed by atoms with Crippen molar-refractivity contribution in [2.24, 2.45) is 23.5 Å². The van der Waals surface area contributed by atoms with E-state index in [9.17, 15) is 4.79 Å². The molecule has 1 aliphatic carbocycles. The lowest BCUT2D eigenvalue weighted by Gasteiger charge is -2.32. The predicted octanol–water partition coefficient (Wildman–Crippen LogP) is 1.21. The Morgan fingerprint density at radius 3 is 2.58 bits per heavy atom. The summed E-state index contributed by atoms with van der Waals surface area (Å²) in [7, 11) is 2.17. The minimum atomic E-state index is 0.144.